The van der Waals surface area contributed by atoms with Crippen LogP contribution in [0.2, 0.25) is 0 Å². The number of hydrogen-bond acceptors (Lipinski definition) is 1. The van der Waals surface area contributed by atoms with E-state index in [0.29, 0.717) is 12.1 Å². The second-order valence-electron chi connectivity index (χ2n) is 3.93. The first-order valence-corrected chi connectivity index (χ1v) is 6.37. The fourth-order valence-corrected chi connectivity index (χ4v) is 1.74. The van der Waals surface area contributed by atoms with Gasteiger partial charge in [-0.2, -0.15) is 0 Å². The molecule has 1 aliphatic heterocycles. The molecule has 0 bridgehead atoms. The zero-order chi connectivity index (χ0) is 11.7. The molecule has 2 heteroatoms. The quantitative estimate of drug-likeness (QED) is 0.608. The molecule has 0 aromatic heterocycles. The summed E-state index contributed by atoms with van der Waals surface area (Å²) < 4.78 is 0. The molecule has 0 amide bonds. The van der Waals surface area contributed by atoms with Crippen molar-refractivity contribution >= 4 is 8.41 Å². The van der Waals surface area contributed by atoms with Gasteiger partial charge in [-0.25, -0.2) is 0 Å². The van der Waals surface area contributed by atoms with Crippen LogP contribution in [0.4, 0.5) is 0 Å². The van der Waals surface area contributed by atoms with Crippen LogP contribution in [0.15, 0.2) is 0 Å². The molecule has 1 nitrogen and oxygen atoms in total. The van der Waals surface area contributed by atoms with E-state index in [4.69, 9.17) is 0 Å². The number of piperidine rings is 1. The first-order chi connectivity index (χ1) is 6.61. The Bertz CT molecular complexity index is 91.3. The van der Waals surface area contributed by atoms with Gasteiger partial charge in [0.1, 0.15) is 0 Å². The smallest absolute Gasteiger partial charge is 0.00670 e. The summed E-state index contributed by atoms with van der Waals surface area (Å²) >= 11 is 0. The standard InChI is InChI=1S/C9H19N.2C2H6.CH4.B/c1-6-5-7(2)9(4)10-8(6)3;2*1-2;;/h6-10H,5H2,1-4H3;2*1-2H3;1H4;. The molecule has 1 heterocycles. The van der Waals surface area contributed by atoms with Gasteiger partial charge in [0.2, 0.25) is 0 Å². The van der Waals surface area contributed by atoms with E-state index in [1.807, 2.05) is 27.7 Å². The third-order valence-electron chi connectivity index (χ3n) is 2.98. The van der Waals surface area contributed by atoms with Crippen molar-refractivity contribution in [3.8, 4) is 0 Å². The van der Waals surface area contributed by atoms with Crippen molar-refractivity contribution in [3.05, 3.63) is 0 Å². The van der Waals surface area contributed by atoms with Crippen LogP contribution in [0.5, 0.6) is 0 Å². The molecule has 1 saturated heterocycles. The third-order valence-corrected chi connectivity index (χ3v) is 2.98. The molecule has 3 radical (unpaired) electrons. The topological polar surface area (TPSA) is 12.0 Å². The second kappa shape index (κ2) is 15.0. The van der Waals surface area contributed by atoms with E-state index in [9.17, 15) is 0 Å². The van der Waals surface area contributed by atoms with Crippen molar-refractivity contribution < 1.29 is 0 Å². The zero-order valence-electron chi connectivity index (χ0n) is 12.1. The van der Waals surface area contributed by atoms with Gasteiger partial charge in [0.05, 0.1) is 0 Å². The summed E-state index contributed by atoms with van der Waals surface area (Å²) in [5.41, 5.74) is 0. The van der Waals surface area contributed by atoms with Crippen LogP contribution in [0.1, 0.15) is 69.2 Å². The summed E-state index contributed by atoms with van der Waals surface area (Å²) in [5.74, 6) is 1.71. The maximum atomic E-state index is 3.58. The summed E-state index contributed by atoms with van der Waals surface area (Å²) in [6, 6.07) is 1.43. The summed E-state index contributed by atoms with van der Waals surface area (Å²) in [6.45, 7) is 17.2. The maximum absolute atomic E-state index is 3.58. The SMILES string of the molecule is C.CC.CC.CC1CC(C)C(C)NC1C.[B]. The van der Waals surface area contributed by atoms with Gasteiger partial charge in [0.25, 0.3) is 0 Å². The average Bonchev–Trinajstić information content (AvgIpc) is 2.21. The Morgan fingerprint density at radius 2 is 1.00 bits per heavy atom. The van der Waals surface area contributed by atoms with E-state index in [0.717, 1.165) is 11.8 Å². The van der Waals surface area contributed by atoms with Gasteiger partial charge in [-0.15, -0.1) is 0 Å². The van der Waals surface area contributed by atoms with Gasteiger partial charge in [0.15, 0.2) is 0 Å². The summed E-state index contributed by atoms with van der Waals surface area (Å²) in [5, 5.41) is 3.58. The summed E-state index contributed by atoms with van der Waals surface area (Å²) in [6.07, 6.45) is 1.38. The highest BCUT2D eigenvalue weighted by molar-refractivity contribution is 5.75. The highest BCUT2D eigenvalue weighted by atomic mass is 15.0. The van der Waals surface area contributed by atoms with Crippen molar-refractivity contribution in [1.29, 1.82) is 0 Å². The molecule has 0 aromatic rings. The molecule has 0 aromatic carbocycles. The fourth-order valence-electron chi connectivity index (χ4n) is 1.74. The van der Waals surface area contributed by atoms with Gasteiger partial charge in [-0.3, -0.25) is 0 Å². The normalized spacial score (nSPS) is 31.5. The molecule has 4 atom stereocenters. The fraction of sp³-hybridized carbons (Fsp3) is 1.00. The average molecular weight is 228 g/mol. The van der Waals surface area contributed by atoms with Gasteiger partial charge >= 0.3 is 0 Å². The lowest BCUT2D eigenvalue weighted by Gasteiger charge is -2.36. The molecule has 4 unspecified atom stereocenters. The van der Waals surface area contributed by atoms with Gasteiger partial charge in [-0.05, 0) is 32.1 Å². The molecule has 16 heavy (non-hydrogen) atoms. The van der Waals surface area contributed by atoms with Crippen molar-refractivity contribution in [1.82, 2.24) is 5.32 Å². The Labute approximate surface area is 107 Å². The lowest BCUT2D eigenvalue weighted by Crippen LogP contribution is -2.47. The minimum Gasteiger partial charge on any atom is -0.311 e. The molecule has 0 aliphatic carbocycles. The predicted octanol–water partition coefficient (Wildman–Crippen LogP) is 4.34. The van der Waals surface area contributed by atoms with Crippen molar-refractivity contribution in [2.75, 3.05) is 0 Å². The van der Waals surface area contributed by atoms with Gasteiger partial charge in [0, 0.05) is 20.5 Å². The Hall–Kier alpha value is 0.0249. The van der Waals surface area contributed by atoms with E-state index in [1.165, 1.54) is 6.42 Å². The molecular formula is C14H35BN. The molecule has 1 N–H and O–H groups in total. The number of rotatable bonds is 0. The third kappa shape index (κ3) is 9.27. The van der Waals surface area contributed by atoms with Crippen LogP contribution < -0.4 is 5.32 Å². The maximum Gasteiger partial charge on any atom is 0.00670 e. The first-order valence-electron chi connectivity index (χ1n) is 6.37. The summed E-state index contributed by atoms with van der Waals surface area (Å²) in [7, 11) is 0. The lowest BCUT2D eigenvalue weighted by atomic mass is 9.83. The van der Waals surface area contributed by atoms with Crippen molar-refractivity contribution in [2.45, 2.75) is 81.3 Å². The van der Waals surface area contributed by atoms with Gasteiger partial charge < -0.3 is 5.32 Å². The van der Waals surface area contributed by atoms with E-state index < -0.39 is 0 Å². The minimum absolute atomic E-state index is 0. The lowest BCUT2D eigenvalue weighted by molar-refractivity contribution is 0.204. The van der Waals surface area contributed by atoms with Crippen LogP contribution in [0.3, 0.4) is 0 Å². The molecule has 1 fully saturated rings. The van der Waals surface area contributed by atoms with Crippen LogP contribution in [0.25, 0.3) is 0 Å². The second-order valence-corrected chi connectivity index (χ2v) is 3.93. The highest BCUT2D eigenvalue weighted by Gasteiger charge is 2.26. The first kappa shape index (κ1) is 25.0. The minimum atomic E-state index is 0. The van der Waals surface area contributed by atoms with Crippen LogP contribution in [0, 0.1) is 11.8 Å². The zero-order valence-corrected chi connectivity index (χ0v) is 12.1. The van der Waals surface area contributed by atoms with E-state index in [-0.39, 0.29) is 15.8 Å². The predicted molar refractivity (Wildman–Crippen MR) is 80.2 cm³/mol. The Kier molecular flexibility index (Phi) is 23.5. The number of nitrogens with one attached hydrogen (secondary N) is 1. The Morgan fingerprint density at radius 3 is 1.19 bits per heavy atom. The van der Waals surface area contributed by atoms with E-state index in [2.05, 4.69) is 33.0 Å². The van der Waals surface area contributed by atoms with Crippen LogP contribution in [-0.4, -0.2) is 20.5 Å². The molecule has 1 aliphatic rings. The molecule has 0 saturated carbocycles. The van der Waals surface area contributed by atoms with Gasteiger partial charge in [-0.1, -0.05) is 49.0 Å². The van der Waals surface area contributed by atoms with Crippen molar-refractivity contribution in [2.24, 2.45) is 11.8 Å². The van der Waals surface area contributed by atoms with Crippen molar-refractivity contribution in [3.63, 3.8) is 0 Å². The van der Waals surface area contributed by atoms with Crippen LogP contribution in [-0.2, 0) is 0 Å². The monoisotopic (exact) mass is 228 g/mol. The van der Waals surface area contributed by atoms with E-state index in [1.54, 1.807) is 0 Å². The molecular weight excluding hydrogens is 193 g/mol. The molecule has 1 rings (SSSR count). The Balaban J connectivity index is -0.000000109. The molecule has 0 spiro atoms. The van der Waals surface area contributed by atoms with Crippen LogP contribution >= 0.6 is 0 Å². The largest absolute Gasteiger partial charge is 0.311 e. The summed E-state index contributed by atoms with van der Waals surface area (Å²) in [4.78, 5) is 0. The van der Waals surface area contributed by atoms with E-state index >= 15 is 0 Å². The molecule has 99 valence electrons. The number of hydrogen-bond donors (Lipinski definition) is 1. The highest BCUT2D eigenvalue weighted by Crippen LogP contribution is 2.23. The Morgan fingerprint density at radius 1 is 0.750 bits per heavy atom.